The van der Waals surface area contributed by atoms with Crippen molar-refractivity contribution >= 4 is 0 Å². The van der Waals surface area contributed by atoms with Crippen molar-refractivity contribution in [1.29, 1.82) is 0 Å². The summed E-state index contributed by atoms with van der Waals surface area (Å²) in [5, 5.41) is 9.96. The second kappa shape index (κ2) is 4.56. The zero-order valence-corrected chi connectivity index (χ0v) is 10.1. The summed E-state index contributed by atoms with van der Waals surface area (Å²) in [5.74, 6) is 0.971. The quantitative estimate of drug-likeness (QED) is 0.817. The molecule has 0 saturated heterocycles. The molecular formula is C14H21NO. The van der Waals surface area contributed by atoms with E-state index < -0.39 is 0 Å². The smallest absolute Gasteiger partial charge is 0.0760 e. The van der Waals surface area contributed by atoms with E-state index >= 15 is 0 Å². The minimum atomic E-state index is -0.370. The van der Waals surface area contributed by atoms with Crippen LogP contribution >= 0.6 is 0 Å². The fourth-order valence-corrected chi connectivity index (χ4v) is 2.03. The van der Waals surface area contributed by atoms with E-state index in [2.05, 4.69) is 26.0 Å². The van der Waals surface area contributed by atoms with E-state index in [1.54, 1.807) is 0 Å². The molecule has 2 nitrogen and oxygen atoms in total. The molecule has 16 heavy (non-hydrogen) atoms. The first-order chi connectivity index (χ1) is 7.59. The van der Waals surface area contributed by atoms with Crippen LogP contribution in [0.4, 0.5) is 0 Å². The molecule has 0 radical (unpaired) electrons. The lowest BCUT2D eigenvalue weighted by Crippen LogP contribution is -2.27. The lowest BCUT2D eigenvalue weighted by atomic mass is 9.95. The van der Waals surface area contributed by atoms with E-state index in [0.29, 0.717) is 11.8 Å². The Kier molecular flexibility index (Phi) is 3.31. The molecule has 2 rings (SSSR count). The first-order valence-corrected chi connectivity index (χ1v) is 6.13. The van der Waals surface area contributed by atoms with Crippen LogP contribution in [0.5, 0.6) is 0 Å². The zero-order chi connectivity index (χ0) is 11.7. The highest BCUT2D eigenvalue weighted by Crippen LogP contribution is 2.37. The summed E-state index contributed by atoms with van der Waals surface area (Å²) in [6, 6.07) is 8.09. The summed E-state index contributed by atoms with van der Waals surface area (Å²) in [6.07, 6.45) is 1.88. The maximum Gasteiger partial charge on any atom is 0.0760 e. The van der Waals surface area contributed by atoms with Gasteiger partial charge in [-0.2, -0.15) is 0 Å². The van der Waals surface area contributed by atoms with Crippen LogP contribution in [-0.4, -0.2) is 11.2 Å². The van der Waals surface area contributed by atoms with Crippen molar-refractivity contribution in [3.63, 3.8) is 0 Å². The van der Waals surface area contributed by atoms with E-state index in [1.165, 1.54) is 5.56 Å². The maximum absolute atomic E-state index is 9.96. The molecule has 1 aliphatic carbocycles. The van der Waals surface area contributed by atoms with Crippen LogP contribution in [0.2, 0.25) is 0 Å². The van der Waals surface area contributed by atoms with Crippen molar-refractivity contribution in [3.8, 4) is 0 Å². The highest BCUT2D eigenvalue weighted by Gasteiger charge is 2.34. The Balaban J connectivity index is 2.08. The number of hydrogen-bond donors (Lipinski definition) is 2. The Morgan fingerprint density at radius 1 is 1.12 bits per heavy atom. The van der Waals surface area contributed by atoms with Gasteiger partial charge in [0.25, 0.3) is 0 Å². The normalized spacial score (nSPS) is 19.8. The first kappa shape index (κ1) is 11.6. The summed E-state index contributed by atoms with van der Waals surface area (Å²) in [6.45, 7) is 4.35. The van der Waals surface area contributed by atoms with Gasteiger partial charge < -0.3 is 10.8 Å². The Labute approximate surface area is 97.5 Å². The van der Waals surface area contributed by atoms with Gasteiger partial charge in [0.15, 0.2) is 0 Å². The average Bonchev–Trinajstić information content (AvgIpc) is 3.11. The van der Waals surface area contributed by atoms with Crippen molar-refractivity contribution in [2.75, 3.05) is 0 Å². The summed E-state index contributed by atoms with van der Waals surface area (Å²) in [5.41, 5.74) is 8.42. The van der Waals surface area contributed by atoms with Gasteiger partial charge in [-0.3, -0.25) is 0 Å². The fraction of sp³-hybridized carbons (Fsp3) is 0.571. The largest absolute Gasteiger partial charge is 0.391 e. The van der Waals surface area contributed by atoms with Gasteiger partial charge in [-0.25, -0.2) is 0 Å². The molecule has 2 heteroatoms. The third-order valence-electron chi connectivity index (χ3n) is 3.46. The molecule has 0 aliphatic heterocycles. The Morgan fingerprint density at radius 2 is 1.62 bits per heavy atom. The number of benzene rings is 1. The lowest BCUT2D eigenvalue weighted by molar-refractivity contribution is 0.122. The minimum Gasteiger partial charge on any atom is -0.391 e. The predicted molar refractivity (Wildman–Crippen MR) is 66.2 cm³/mol. The fourth-order valence-electron chi connectivity index (χ4n) is 2.03. The SMILES string of the molecule is CC(C)c1ccc([C@H](N)[C@H](O)C2CC2)cc1. The van der Waals surface area contributed by atoms with Crippen molar-refractivity contribution in [3.05, 3.63) is 35.4 Å². The van der Waals surface area contributed by atoms with Gasteiger partial charge in [-0.1, -0.05) is 38.1 Å². The Morgan fingerprint density at radius 3 is 2.06 bits per heavy atom. The third kappa shape index (κ3) is 2.45. The molecule has 0 aromatic heterocycles. The predicted octanol–water partition coefficient (Wildman–Crippen LogP) is 2.58. The highest BCUT2D eigenvalue weighted by molar-refractivity contribution is 5.27. The molecule has 1 aromatic rings. The monoisotopic (exact) mass is 219 g/mol. The van der Waals surface area contributed by atoms with Crippen LogP contribution in [0.1, 0.15) is 49.8 Å². The van der Waals surface area contributed by atoms with Crippen LogP contribution in [0, 0.1) is 5.92 Å². The van der Waals surface area contributed by atoms with E-state index in [-0.39, 0.29) is 12.1 Å². The second-order valence-electron chi connectivity index (χ2n) is 5.18. The van der Waals surface area contributed by atoms with Crippen molar-refractivity contribution in [2.24, 2.45) is 11.7 Å². The van der Waals surface area contributed by atoms with Gasteiger partial charge in [0.1, 0.15) is 0 Å². The molecule has 0 amide bonds. The molecule has 0 unspecified atom stereocenters. The van der Waals surface area contributed by atoms with Crippen molar-refractivity contribution in [1.82, 2.24) is 0 Å². The standard InChI is InChI=1S/C14H21NO/c1-9(2)10-3-5-11(6-4-10)13(15)14(16)12-7-8-12/h3-6,9,12-14,16H,7-8,15H2,1-2H3/t13-,14+/m0/s1. The average molecular weight is 219 g/mol. The molecule has 3 N–H and O–H groups in total. The molecule has 0 bridgehead atoms. The van der Waals surface area contributed by atoms with E-state index in [1.807, 2.05) is 12.1 Å². The summed E-state index contributed by atoms with van der Waals surface area (Å²) in [7, 11) is 0. The molecule has 1 aliphatic rings. The van der Waals surface area contributed by atoms with Gasteiger partial charge in [0.05, 0.1) is 12.1 Å². The molecule has 1 fully saturated rings. The van der Waals surface area contributed by atoms with Gasteiger partial charge in [-0.15, -0.1) is 0 Å². The Bertz CT molecular complexity index is 340. The maximum atomic E-state index is 9.96. The number of rotatable bonds is 4. The van der Waals surface area contributed by atoms with Gasteiger partial charge in [0, 0.05) is 0 Å². The van der Waals surface area contributed by atoms with Crippen LogP contribution in [0.3, 0.4) is 0 Å². The first-order valence-electron chi connectivity index (χ1n) is 6.13. The molecule has 1 saturated carbocycles. The van der Waals surface area contributed by atoms with Crippen LogP contribution < -0.4 is 5.73 Å². The molecule has 0 spiro atoms. The van der Waals surface area contributed by atoms with Crippen LogP contribution in [-0.2, 0) is 0 Å². The highest BCUT2D eigenvalue weighted by atomic mass is 16.3. The molecule has 88 valence electrons. The zero-order valence-electron chi connectivity index (χ0n) is 10.1. The Hall–Kier alpha value is -0.860. The van der Waals surface area contributed by atoms with Crippen molar-refractivity contribution < 1.29 is 5.11 Å². The van der Waals surface area contributed by atoms with Gasteiger partial charge >= 0.3 is 0 Å². The molecule has 2 atom stereocenters. The van der Waals surface area contributed by atoms with Crippen LogP contribution in [0.15, 0.2) is 24.3 Å². The van der Waals surface area contributed by atoms with E-state index in [0.717, 1.165) is 18.4 Å². The van der Waals surface area contributed by atoms with E-state index in [9.17, 15) is 5.11 Å². The summed E-state index contributed by atoms with van der Waals surface area (Å²) >= 11 is 0. The third-order valence-corrected chi connectivity index (χ3v) is 3.46. The summed E-state index contributed by atoms with van der Waals surface area (Å²) < 4.78 is 0. The summed E-state index contributed by atoms with van der Waals surface area (Å²) in [4.78, 5) is 0. The number of aliphatic hydroxyl groups excluding tert-OH is 1. The molecular weight excluding hydrogens is 198 g/mol. The lowest BCUT2D eigenvalue weighted by Gasteiger charge is -2.19. The number of aliphatic hydroxyl groups is 1. The number of hydrogen-bond acceptors (Lipinski definition) is 2. The van der Waals surface area contributed by atoms with E-state index in [4.69, 9.17) is 5.73 Å². The molecule has 1 aromatic carbocycles. The molecule has 0 heterocycles. The van der Waals surface area contributed by atoms with Crippen molar-refractivity contribution in [2.45, 2.75) is 44.8 Å². The van der Waals surface area contributed by atoms with Gasteiger partial charge in [-0.05, 0) is 35.8 Å². The second-order valence-corrected chi connectivity index (χ2v) is 5.18. The number of nitrogens with two attached hydrogens (primary N) is 1. The van der Waals surface area contributed by atoms with Crippen LogP contribution in [0.25, 0.3) is 0 Å². The topological polar surface area (TPSA) is 46.2 Å². The minimum absolute atomic E-state index is 0.228. The van der Waals surface area contributed by atoms with Gasteiger partial charge in [0.2, 0.25) is 0 Å².